The number of halogens is 1. The average Bonchev–Trinajstić information content (AvgIpc) is 2.41. The van der Waals surface area contributed by atoms with E-state index in [1.807, 2.05) is 11.9 Å². The molecule has 0 fully saturated rings. The first kappa shape index (κ1) is 14.1. The lowest BCUT2D eigenvalue weighted by Crippen LogP contribution is -2.20. The van der Waals surface area contributed by atoms with E-state index in [0.717, 1.165) is 0 Å². The normalized spacial score (nSPS) is 10.8. The molecule has 0 saturated heterocycles. The summed E-state index contributed by atoms with van der Waals surface area (Å²) in [5.41, 5.74) is 1.22. The summed E-state index contributed by atoms with van der Waals surface area (Å²) < 4.78 is 13.6. The van der Waals surface area contributed by atoms with E-state index < -0.39 is 5.97 Å². The van der Waals surface area contributed by atoms with Crippen LogP contribution in [0, 0.1) is 5.82 Å². The van der Waals surface area contributed by atoms with Gasteiger partial charge in [0, 0.05) is 24.8 Å². The number of rotatable bonds is 5. The maximum Gasteiger partial charge on any atom is 0.354 e. The number of hydrogen-bond donors (Lipinski definition) is 1. The molecule has 0 aliphatic rings. The Kier molecular flexibility index (Phi) is 4.42. The fourth-order valence-corrected chi connectivity index (χ4v) is 2.02. The molecule has 1 heterocycles. The molecule has 0 amide bonds. The molecular formula is C15H15FN2O2. The second-order valence-corrected chi connectivity index (χ2v) is 4.58. The van der Waals surface area contributed by atoms with Crippen LogP contribution in [0.25, 0.3) is 0 Å². The molecule has 2 rings (SSSR count). The first-order valence-corrected chi connectivity index (χ1v) is 6.17. The van der Waals surface area contributed by atoms with Crippen LogP contribution in [0.4, 0.5) is 4.39 Å². The quantitative estimate of drug-likeness (QED) is 0.910. The molecule has 0 spiro atoms. The highest BCUT2D eigenvalue weighted by Gasteiger charge is 2.13. The van der Waals surface area contributed by atoms with Crippen LogP contribution in [0.15, 0.2) is 42.6 Å². The molecule has 2 aromatic rings. The van der Waals surface area contributed by atoms with Gasteiger partial charge in [-0.15, -0.1) is 0 Å². The van der Waals surface area contributed by atoms with Crippen LogP contribution in [0.3, 0.4) is 0 Å². The lowest BCUT2D eigenvalue weighted by atomic mass is 10.1. The van der Waals surface area contributed by atoms with E-state index in [-0.39, 0.29) is 11.5 Å². The van der Waals surface area contributed by atoms with Gasteiger partial charge in [0.15, 0.2) is 5.69 Å². The predicted molar refractivity (Wildman–Crippen MR) is 72.8 cm³/mol. The summed E-state index contributed by atoms with van der Waals surface area (Å²) in [5.74, 6) is -1.32. The molecule has 0 radical (unpaired) electrons. The van der Waals surface area contributed by atoms with Crippen molar-refractivity contribution in [2.24, 2.45) is 0 Å². The van der Waals surface area contributed by atoms with E-state index in [9.17, 15) is 9.18 Å². The number of aromatic nitrogens is 1. The van der Waals surface area contributed by atoms with E-state index in [0.29, 0.717) is 24.2 Å². The molecule has 0 bridgehead atoms. The average molecular weight is 274 g/mol. The van der Waals surface area contributed by atoms with Gasteiger partial charge in [-0.2, -0.15) is 0 Å². The SMILES string of the molecule is CN(Cc1ccccc1F)Cc1cccnc1C(=O)O. The Hall–Kier alpha value is -2.27. The van der Waals surface area contributed by atoms with Crippen molar-refractivity contribution < 1.29 is 14.3 Å². The van der Waals surface area contributed by atoms with E-state index >= 15 is 0 Å². The number of nitrogens with zero attached hydrogens (tertiary/aromatic N) is 2. The van der Waals surface area contributed by atoms with Crippen molar-refractivity contribution in [1.29, 1.82) is 0 Å². The van der Waals surface area contributed by atoms with Gasteiger partial charge in [-0.3, -0.25) is 4.90 Å². The Labute approximate surface area is 116 Å². The van der Waals surface area contributed by atoms with Crippen molar-refractivity contribution in [2.75, 3.05) is 7.05 Å². The van der Waals surface area contributed by atoms with Gasteiger partial charge >= 0.3 is 5.97 Å². The molecular weight excluding hydrogens is 259 g/mol. The number of pyridine rings is 1. The lowest BCUT2D eigenvalue weighted by Gasteiger charge is -2.18. The van der Waals surface area contributed by atoms with Crippen LogP contribution in [-0.2, 0) is 13.1 Å². The zero-order chi connectivity index (χ0) is 14.5. The van der Waals surface area contributed by atoms with Gasteiger partial charge in [-0.25, -0.2) is 14.2 Å². The fraction of sp³-hybridized carbons (Fsp3) is 0.200. The monoisotopic (exact) mass is 274 g/mol. The second-order valence-electron chi connectivity index (χ2n) is 4.58. The number of carbonyl (C=O) groups is 1. The molecule has 1 aromatic carbocycles. The summed E-state index contributed by atoms with van der Waals surface area (Å²) in [6.07, 6.45) is 1.45. The highest BCUT2D eigenvalue weighted by atomic mass is 19.1. The first-order chi connectivity index (χ1) is 9.58. The summed E-state index contributed by atoms with van der Waals surface area (Å²) in [6, 6.07) is 9.96. The Morgan fingerprint density at radius 2 is 1.85 bits per heavy atom. The third-order valence-electron chi connectivity index (χ3n) is 2.93. The van der Waals surface area contributed by atoms with Crippen LogP contribution in [0.1, 0.15) is 21.6 Å². The zero-order valence-corrected chi connectivity index (χ0v) is 11.1. The summed E-state index contributed by atoms with van der Waals surface area (Å²) >= 11 is 0. The van der Waals surface area contributed by atoms with Crippen molar-refractivity contribution in [3.05, 3.63) is 65.2 Å². The minimum atomic E-state index is -1.06. The third kappa shape index (κ3) is 3.39. The Balaban J connectivity index is 2.11. The Morgan fingerprint density at radius 3 is 2.55 bits per heavy atom. The summed E-state index contributed by atoms with van der Waals surface area (Å²) in [7, 11) is 1.81. The summed E-state index contributed by atoms with van der Waals surface area (Å²) in [4.78, 5) is 16.8. The molecule has 0 aliphatic carbocycles. The lowest BCUT2D eigenvalue weighted by molar-refractivity contribution is 0.0688. The molecule has 20 heavy (non-hydrogen) atoms. The van der Waals surface area contributed by atoms with Crippen LogP contribution >= 0.6 is 0 Å². The van der Waals surface area contributed by atoms with Crippen LogP contribution in [0.5, 0.6) is 0 Å². The first-order valence-electron chi connectivity index (χ1n) is 6.17. The minimum absolute atomic E-state index is 0.0351. The molecule has 0 atom stereocenters. The van der Waals surface area contributed by atoms with E-state index in [2.05, 4.69) is 4.98 Å². The molecule has 0 saturated carbocycles. The molecule has 1 N–H and O–H groups in total. The standard InChI is InChI=1S/C15H15FN2O2/c1-18(9-11-5-2-3-7-13(11)16)10-12-6-4-8-17-14(12)15(19)20/h2-8H,9-10H2,1H3,(H,19,20). The maximum atomic E-state index is 13.6. The Bertz CT molecular complexity index is 616. The molecule has 0 aliphatic heterocycles. The van der Waals surface area contributed by atoms with Crippen LogP contribution in [-0.4, -0.2) is 28.0 Å². The van der Waals surface area contributed by atoms with Gasteiger partial charge in [-0.05, 0) is 24.7 Å². The van der Waals surface area contributed by atoms with Crippen molar-refractivity contribution in [1.82, 2.24) is 9.88 Å². The number of carboxylic acid groups (broad SMARTS) is 1. The molecule has 5 heteroatoms. The van der Waals surface area contributed by atoms with Gasteiger partial charge in [0.05, 0.1) is 0 Å². The van der Waals surface area contributed by atoms with Crippen molar-refractivity contribution >= 4 is 5.97 Å². The van der Waals surface area contributed by atoms with Gasteiger partial charge in [0.1, 0.15) is 5.82 Å². The fourth-order valence-electron chi connectivity index (χ4n) is 2.02. The van der Waals surface area contributed by atoms with Crippen LogP contribution in [0.2, 0.25) is 0 Å². The second kappa shape index (κ2) is 6.25. The molecule has 0 unspecified atom stereocenters. The maximum absolute atomic E-state index is 13.6. The summed E-state index contributed by atoms with van der Waals surface area (Å²) in [5, 5.41) is 9.07. The van der Waals surface area contributed by atoms with E-state index in [1.165, 1.54) is 12.3 Å². The zero-order valence-electron chi connectivity index (χ0n) is 11.1. The minimum Gasteiger partial charge on any atom is -0.477 e. The third-order valence-corrected chi connectivity index (χ3v) is 2.93. The molecule has 104 valence electrons. The number of benzene rings is 1. The van der Waals surface area contributed by atoms with Crippen LogP contribution < -0.4 is 0 Å². The van der Waals surface area contributed by atoms with Crippen molar-refractivity contribution in [2.45, 2.75) is 13.1 Å². The van der Waals surface area contributed by atoms with Gasteiger partial charge in [0.25, 0.3) is 0 Å². The van der Waals surface area contributed by atoms with E-state index in [4.69, 9.17) is 5.11 Å². The van der Waals surface area contributed by atoms with Gasteiger partial charge in [0.2, 0.25) is 0 Å². The largest absolute Gasteiger partial charge is 0.477 e. The highest BCUT2D eigenvalue weighted by molar-refractivity contribution is 5.86. The smallest absolute Gasteiger partial charge is 0.354 e. The van der Waals surface area contributed by atoms with Crippen molar-refractivity contribution in [3.8, 4) is 0 Å². The number of hydrogen-bond acceptors (Lipinski definition) is 3. The van der Waals surface area contributed by atoms with Gasteiger partial charge in [-0.1, -0.05) is 24.3 Å². The van der Waals surface area contributed by atoms with Crippen molar-refractivity contribution in [3.63, 3.8) is 0 Å². The summed E-state index contributed by atoms with van der Waals surface area (Å²) in [6.45, 7) is 0.796. The van der Waals surface area contributed by atoms with E-state index in [1.54, 1.807) is 30.3 Å². The highest BCUT2D eigenvalue weighted by Crippen LogP contribution is 2.13. The Morgan fingerprint density at radius 1 is 1.20 bits per heavy atom. The van der Waals surface area contributed by atoms with Gasteiger partial charge < -0.3 is 5.11 Å². The molecule has 1 aromatic heterocycles. The predicted octanol–water partition coefficient (Wildman–Crippen LogP) is 2.55. The number of aromatic carboxylic acids is 1. The molecule has 4 nitrogen and oxygen atoms in total. The topological polar surface area (TPSA) is 53.4 Å². The number of carboxylic acids is 1.